The molecule has 2 N–H and O–H groups in total. The van der Waals surface area contributed by atoms with E-state index in [-0.39, 0.29) is 36.8 Å². The summed E-state index contributed by atoms with van der Waals surface area (Å²) < 4.78 is 11.7. The standard InChI is InChI=1S/C24H29N3O4.2ClH/c28-19(15-26-8-7-17-3-1-2-4-18(17)14-26)16-27-9-10-30-23-11-20(31-21-12-25-13-21)5-6-22(23)24(27)29;;/h1-6,11,19,21,25,28H,7-10,12-16H2;2*1H. The summed E-state index contributed by atoms with van der Waals surface area (Å²) >= 11 is 0. The van der Waals surface area contributed by atoms with Crippen molar-refractivity contribution >= 4 is 30.7 Å². The minimum absolute atomic E-state index is 0. The minimum atomic E-state index is -0.607. The van der Waals surface area contributed by atoms with E-state index >= 15 is 0 Å². The molecule has 0 aromatic heterocycles. The molecular formula is C24H31Cl2N3O4. The highest BCUT2D eigenvalue weighted by atomic mass is 35.5. The molecule has 0 aliphatic carbocycles. The predicted molar refractivity (Wildman–Crippen MR) is 131 cm³/mol. The van der Waals surface area contributed by atoms with E-state index in [4.69, 9.17) is 9.47 Å². The number of amides is 1. The molecule has 1 unspecified atom stereocenters. The number of rotatable bonds is 6. The third kappa shape index (κ3) is 5.91. The number of carbonyl (C=O) groups is 1. The van der Waals surface area contributed by atoms with Crippen molar-refractivity contribution < 1.29 is 19.4 Å². The van der Waals surface area contributed by atoms with Crippen LogP contribution in [0.15, 0.2) is 42.5 Å². The van der Waals surface area contributed by atoms with Gasteiger partial charge in [-0.25, -0.2) is 0 Å². The molecule has 2 aromatic rings. The van der Waals surface area contributed by atoms with Gasteiger partial charge in [0.05, 0.1) is 18.2 Å². The van der Waals surface area contributed by atoms with Gasteiger partial charge in [-0.1, -0.05) is 24.3 Å². The molecule has 9 heteroatoms. The van der Waals surface area contributed by atoms with Crippen LogP contribution >= 0.6 is 24.8 Å². The van der Waals surface area contributed by atoms with Crippen molar-refractivity contribution in [3.8, 4) is 11.5 Å². The highest BCUT2D eigenvalue weighted by Crippen LogP contribution is 2.29. The highest BCUT2D eigenvalue weighted by molar-refractivity contribution is 5.97. The lowest BCUT2D eigenvalue weighted by atomic mass is 10.00. The van der Waals surface area contributed by atoms with Crippen LogP contribution in [0.5, 0.6) is 11.5 Å². The first-order chi connectivity index (χ1) is 15.2. The van der Waals surface area contributed by atoms with Gasteiger partial charge in [0.25, 0.3) is 5.91 Å². The fraction of sp³-hybridized carbons (Fsp3) is 0.458. The summed E-state index contributed by atoms with van der Waals surface area (Å²) in [4.78, 5) is 17.1. The van der Waals surface area contributed by atoms with E-state index in [0.717, 1.165) is 38.3 Å². The molecule has 0 saturated carbocycles. The summed E-state index contributed by atoms with van der Waals surface area (Å²) in [6, 6.07) is 13.9. The van der Waals surface area contributed by atoms with Crippen molar-refractivity contribution in [2.75, 3.05) is 45.9 Å². The van der Waals surface area contributed by atoms with Crippen LogP contribution < -0.4 is 14.8 Å². The SMILES string of the molecule is Cl.Cl.O=C1c2ccc(OC3CNC3)cc2OCCN1CC(O)CN1CCc2ccccc2C1. The van der Waals surface area contributed by atoms with E-state index in [1.54, 1.807) is 17.0 Å². The molecule has 2 aromatic carbocycles. The molecule has 1 saturated heterocycles. The molecule has 5 rings (SSSR count). The van der Waals surface area contributed by atoms with Gasteiger partial charge in [-0.2, -0.15) is 0 Å². The lowest BCUT2D eigenvalue weighted by molar-refractivity contribution is 0.0501. The zero-order chi connectivity index (χ0) is 21.2. The fourth-order valence-corrected chi connectivity index (χ4v) is 4.44. The second-order valence-corrected chi connectivity index (χ2v) is 8.56. The lowest BCUT2D eigenvalue weighted by Crippen LogP contribution is -2.50. The molecule has 33 heavy (non-hydrogen) atoms. The second-order valence-electron chi connectivity index (χ2n) is 8.56. The number of hydrogen-bond donors (Lipinski definition) is 2. The van der Waals surface area contributed by atoms with Crippen LogP contribution in [0.1, 0.15) is 21.5 Å². The summed E-state index contributed by atoms with van der Waals surface area (Å²) in [5, 5.41) is 13.9. The maximum Gasteiger partial charge on any atom is 0.257 e. The van der Waals surface area contributed by atoms with Gasteiger partial charge in [0.15, 0.2) is 0 Å². The largest absolute Gasteiger partial charge is 0.491 e. The van der Waals surface area contributed by atoms with Crippen molar-refractivity contribution in [1.29, 1.82) is 0 Å². The quantitative estimate of drug-likeness (QED) is 0.639. The molecule has 3 aliphatic rings. The summed E-state index contributed by atoms with van der Waals surface area (Å²) in [6.07, 6.45) is 0.561. The Labute approximate surface area is 206 Å². The number of benzene rings is 2. The highest BCUT2D eigenvalue weighted by Gasteiger charge is 2.27. The number of nitrogens with zero attached hydrogens (tertiary/aromatic N) is 2. The smallest absolute Gasteiger partial charge is 0.257 e. The topological polar surface area (TPSA) is 74.3 Å². The summed E-state index contributed by atoms with van der Waals surface area (Å²) in [6.45, 7) is 5.14. The zero-order valence-corrected chi connectivity index (χ0v) is 20.1. The summed E-state index contributed by atoms with van der Waals surface area (Å²) in [5.41, 5.74) is 3.24. The number of ether oxygens (including phenoxy) is 2. The Balaban J connectivity index is 0.00000153. The number of hydrogen-bond acceptors (Lipinski definition) is 6. The molecule has 0 spiro atoms. The van der Waals surface area contributed by atoms with Gasteiger partial charge >= 0.3 is 0 Å². The van der Waals surface area contributed by atoms with Crippen molar-refractivity contribution in [3.05, 3.63) is 59.2 Å². The Hall–Kier alpha value is -2.03. The molecule has 1 amide bonds. The predicted octanol–water partition coefficient (Wildman–Crippen LogP) is 2.13. The molecule has 3 aliphatic heterocycles. The average Bonchev–Trinajstić information content (AvgIpc) is 2.89. The van der Waals surface area contributed by atoms with E-state index in [2.05, 4.69) is 34.5 Å². The van der Waals surface area contributed by atoms with E-state index in [0.29, 0.717) is 37.6 Å². The Bertz CT molecular complexity index is 957. The van der Waals surface area contributed by atoms with Crippen LogP contribution in [0.4, 0.5) is 0 Å². The van der Waals surface area contributed by atoms with Gasteiger partial charge in [0, 0.05) is 45.3 Å². The maximum atomic E-state index is 13.1. The Morgan fingerprint density at radius 1 is 1.09 bits per heavy atom. The Kier molecular flexibility index (Phi) is 8.84. The third-order valence-corrected chi connectivity index (χ3v) is 6.25. The molecule has 180 valence electrons. The number of nitrogens with one attached hydrogen (secondary N) is 1. The monoisotopic (exact) mass is 495 g/mol. The number of fused-ring (bicyclic) bond motifs is 2. The molecule has 1 atom stereocenters. The number of β-amino-alcohol motifs (C(OH)–C–C–N with tert-alkyl or cyclic N) is 1. The number of halogens is 2. The molecule has 0 radical (unpaired) electrons. The van der Waals surface area contributed by atoms with Crippen LogP contribution in [0, 0.1) is 0 Å². The molecular weight excluding hydrogens is 465 g/mol. The Morgan fingerprint density at radius 3 is 2.64 bits per heavy atom. The van der Waals surface area contributed by atoms with Crippen LogP contribution in [-0.2, 0) is 13.0 Å². The second kappa shape index (κ2) is 11.4. The first kappa shape index (κ1) is 25.6. The van der Waals surface area contributed by atoms with E-state index in [1.807, 2.05) is 6.07 Å². The molecule has 1 fully saturated rings. The lowest BCUT2D eigenvalue weighted by Gasteiger charge is -2.32. The first-order valence-corrected chi connectivity index (χ1v) is 11.1. The summed E-state index contributed by atoms with van der Waals surface area (Å²) in [7, 11) is 0. The normalized spacial score (nSPS) is 18.9. The third-order valence-electron chi connectivity index (χ3n) is 6.25. The van der Waals surface area contributed by atoms with Crippen molar-refractivity contribution in [2.45, 2.75) is 25.2 Å². The van der Waals surface area contributed by atoms with Crippen LogP contribution in [0.25, 0.3) is 0 Å². The van der Waals surface area contributed by atoms with E-state index in [9.17, 15) is 9.90 Å². The van der Waals surface area contributed by atoms with Crippen LogP contribution in [-0.4, -0.2) is 78.9 Å². The number of carbonyl (C=O) groups excluding carboxylic acids is 1. The summed E-state index contributed by atoms with van der Waals surface area (Å²) in [5.74, 6) is 1.17. The van der Waals surface area contributed by atoms with Crippen molar-refractivity contribution in [2.24, 2.45) is 0 Å². The number of aliphatic hydroxyl groups is 1. The van der Waals surface area contributed by atoms with E-state index < -0.39 is 6.10 Å². The maximum absolute atomic E-state index is 13.1. The molecule has 7 nitrogen and oxygen atoms in total. The van der Waals surface area contributed by atoms with E-state index in [1.165, 1.54) is 11.1 Å². The van der Waals surface area contributed by atoms with Crippen LogP contribution in [0.2, 0.25) is 0 Å². The minimum Gasteiger partial charge on any atom is -0.491 e. The first-order valence-electron chi connectivity index (χ1n) is 11.1. The van der Waals surface area contributed by atoms with Crippen molar-refractivity contribution in [1.82, 2.24) is 15.1 Å². The van der Waals surface area contributed by atoms with Crippen LogP contribution in [0.3, 0.4) is 0 Å². The van der Waals surface area contributed by atoms with Gasteiger partial charge < -0.3 is 24.8 Å². The van der Waals surface area contributed by atoms with Gasteiger partial charge in [-0.05, 0) is 29.7 Å². The van der Waals surface area contributed by atoms with Gasteiger partial charge in [-0.3, -0.25) is 9.69 Å². The van der Waals surface area contributed by atoms with Crippen molar-refractivity contribution in [3.63, 3.8) is 0 Å². The molecule has 3 heterocycles. The fourth-order valence-electron chi connectivity index (χ4n) is 4.44. The average molecular weight is 496 g/mol. The van der Waals surface area contributed by atoms with Gasteiger partial charge in [-0.15, -0.1) is 24.8 Å². The molecule has 0 bridgehead atoms. The van der Waals surface area contributed by atoms with Gasteiger partial charge in [0.2, 0.25) is 0 Å². The van der Waals surface area contributed by atoms with Gasteiger partial charge in [0.1, 0.15) is 24.2 Å². The zero-order valence-electron chi connectivity index (χ0n) is 18.4. The number of aliphatic hydroxyl groups excluding tert-OH is 1. The Morgan fingerprint density at radius 2 is 1.88 bits per heavy atom.